The summed E-state index contributed by atoms with van der Waals surface area (Å²) in [6, 6.07) is 9.64. The minimum atomic E-state index is -0.606. The van der Waals surface area contributed by atoms with Crippen molar-refractivity contribution in [3.8, 4) is 5.88 Å². The Kier molecular flexibility index (Phi) is 7.39. The Morgan fingerprint density at radius 1 is 1.20 bits per heavy atom. The predicted octanol–water partition coefficient (Wildman–Crippen LogP) is 4.72. The molecule has 2 aliphatic rings. The van der Waals surface area contributed by atoms with E-state index in [2.05, 4.69) is 20.3 Å². The predicted molar refractivity (Wildman–Crippen MR) is 151 cm³/mol. The van der Waals surface area contributed by atoms with Crippen LogP contribution in [0.15, 0.2) is 36.4 Å². The van der Waals surface area contributed by atoms with Crippen molar-refractivity contribution in [2.45, 2.75) is 52.2 Å². The van der Waals surface area contributed by atoms with E-state index in [1.165, 1.54) is 36.8 Å². The number of aromatic hydroxyl groups is 1. The molecule has 1 fully saturated rings. The van der Waals surface area contributed by atoms with Gasteiger partial charge in [0.15, 0.2) is 0 Å². The highest BCUT2D eigenvalue weighted by molar-refractivity contribution is 7.11. The van der Waals surface area contributed by atoms with Crippen LogP contribution in [0, 0.1) is 21.4 Å². The summed E-state index contributed by atoms with van der Waals surface area (Å²) >= 11 is 0.932. The van der Waals surface area contributed by atoms with Crippen molar-refractivity contribution in [1.82, 2.24) is 14.6 Å². The number of hydrogen-bond acceptors (Lipinski definition) is 9. The smallest absolute Gasteiger partial charge is 0.284 e. The van der Waals surface area contributed by atoms with Crippen molar-refractivity contribution in [2.24, 2.45) is 5.92 Å². The maximum absolute atomic E-state index is 13.4. The molecule has 0 bridgehead atoms. The molecule has 1 atom stereocenters. The van der Waals surface area contributed by atoms with Gasteiger partial charge in [-0.2, -0.15) is 4.37 Å². The third-order valence-electron chi connectivity index (χ3n) is 6.92. The van der Waals surface area contributed by atoms with E-state index < -0.39 is 10.8 Å². The van der Waals surface area contributed by atoms with Gasteiger partial charge in [0.05, 0.1) is 4.92 Å². The molecule has 1 saturated carbocycles. The zero-order chi connectivity index (χ0) is 28.6. The second-order valence-electron chi connectivity index (χ2n) is 10.2. The lowest BCUT2D eigenvalue weighted by Crippen LogP contribution is -2.33. The number of hydrogen-bond donors (Lipinski definition) is 5. The number of aromatic nitrogens is 1. The molecule has 1 aliphatic heterocycles. The van der Waals surface area contributed by atoms with Crippen LogP contribution >= 0.6 is 11.5 Å². The van der Waals surface area contributed by atoms with Crippen molar-refractivity contribution in [1.29, 1.82) is 5.41 Å². The van der Waals surface area contributed by atoms with E-state index in [0.29, 0.717) is 28.8 Å². The highest BCUT2D eigenvalue weighted by Gasteiger charge is 2.30. The molecule has 208 valence electrons. The van der Waals surface area contributed by atoms with Gasteiger partial charge in [0.1, 0.15) is 22.0 Å². The monoisotopic (exact) mass is 563 g/mol. The van der Waals surface area contributed by atoms with Gasteiger partial charge < -0.3 is 26.0 Å². The van der Waals surface area contributed by atoms with Gasteiger partial charge in [-0.15, -0.1) is 0 Å². The summed E-state index contributed by atoms with van der Waals surface area (Å²) in [5.41, 5.74) is 2.47. The summed E-state index contributed by atoms with van der Waals surface area (Å²) in [5.74, 6) is -0.312. The molecule has 5 rings (SSSR count). The maximum atomic E-state index is 13.4. The SMILES string of the molecule is CC(=O)Nc1ccc2c(c1)CN(C(=O)c1ccc(Nc3snc(O)c3C(=N)NC(C)CC3CC3)cc1[N+](=O)[O-])C2. The lowest BCUT2D eigenvalue weighted by Gasteiger charge is -2.17. The largest absolute Gasteiger partial charge is 0.492 e. The van der Waals surface area contributed by atoms with Crippen LogP contribution in [0.4, 0.5) is 22.1 Å². The number of amides is 2. The summed E-state index contributed by atoms with van der Waals surface area (Å²) < 4.78 is 3.95. The first kappa shape index (κ1) is 27.1. The number of fused-ring (bicyclic) bond motifs is 1. The first-order valence-electron chi connectivity index (χ1n) is 12.9. The summed E-state index contributed by atoms with van der Waals surface area (Å²) in [5, 5.41) is 39.9. The number of rotatable bonds is 9. The minimum absolute atomic E-state index is 0.0125. The fourth-order valence-corrected chi connectivity index (χ4v) is 5.60. The van der Waals surface area contributed by atoms with Crippen LogP contribution in [0.5, 0.6) is 5.88 Å². The molecule has 2 amide bonds. The Bertz CT molecular complexity index is 1520. The van der Waals surface area contributed by atoms with Crippen LogP contribution in [-0.4, -0.2) is 43.0 Å². The number of nitrogens with zero attached hydrogens (tertiary/aromatic N) is 3. The number of benzene rings is 2. The molecule has 0 radical (unpaired) electrons. The van der Waals surface area contributed by atoms with Gasteiger partial charge in [-0.25, -0.2) is 0 Å². The lowest BCUT2D eigenvalue weighted by atomic mass is 10.1. The Morgan fingerprint density at radius 2 is 1.93 bits per heavy atom. The minimum Gasteiger partial charge on any atom is -0.492 e. The summed E-state index contributed by atoms with van der Waals surface area (Å²) in [4.78, 5) is 37.6. The van der Waals surface area contributed by atoms with Gasteiger partial charge in [0, 0.05) is 43.5 Å². The van der Waals surface area contributed by atoms with Gasteiger partial charge in [-0.3, -0.25) is 25.1 Å². The molecule has 1 aromatic heterocycles. The van der Waals surface area contributed by atoms with Crippen molar-refractivity contribution in [3.63, 3.8) is 0 Å². The fraction of sp³-hybridized carbons (Fsp3) is 0.333. The number of nitro benzene ring substituents is 1. The fourth-order valence-electron chi connectivity index (χ4n) is 4.89. The van der Waals surface area contributed by atoms with Crippen LogP contribution in [0.25, 0.3) is 0 Å². The third kappa shape index (κ3) is 5.88. The molecular weight excluding hydrogens is 534 g/mol. The van der Waals surface area contributed by atoms with E-state index in [1.807, 2.05) is 13.0 Å². The van der Waals surface area contributed by atoms with Crippen molar-refractivity contribution in [2.75, 3.05) is 10.6 Å². The topological polar surface area (TPSA) is 174 Å². The van der Waals surface area contributed by atoms with Crippen molar-refractivity contribution < 1.29 is 19.6 Å². The molecule has 2 aromatic carbocycles. The normalized spacial score (nSPS) is 14.8. The Hall–Kier alpha value is -4.52. The van der Waals surface area contributed by atoms with Crippen LogP contribution in [-0.2, 0) is 17.9 Å². The van der Waals surface area contributed by atoms with E-state index >= 15 is 0 Å². The maximum Gasteiger partial charge on any atom is 0.284 e. The number of nitro groups is 1. The summed E-state index contributed by atoms with van der Waals surface area (Å²) in [7, 11) is 0. The molecule has 40 heavy (non-hydrogen) atoms. The third-order valence-corrected chi connectivity index (χ3v) is 7.67. The Morgan fingerprint density at radius 3 is 2.62 bits per heavy atom. The number of anilines is 3. The molecule has 12 nitrogen and oxygen atoms in total. The second-order valence-corrected chi connectivity index (χ2v) is 11.0. The molecular formula is C27H29N7O5S. The number of carbonyl (C=O) groups excluding carboxylic acids is 2. The highest BCUT2D eigenvalue weighted by Crippen LogP contribution is 2.36. The number of amidine groups is 1. The zero-order valence-corrected chi connectivity index (χ0v) is 22.8. The standard InChI is InChI=1S/C27H29N7O5S/c1-14(9-16-3-4-16)29-24(28)23-25(36)32-40-26(23)31-20-7-8-21(22(11-20)34(38)39)27(37)33-12-17-5-6-19(30-15(2)35)10-18(17)13-33/h5-8,10-11,14,16,31H,3-4,9,12-13H2,1-2H3,(H2,28,29)(H,30,35)(H,32,36). The van der Waals surface area contributed by atoms with Gasteiger partial charge in [-0.05, 0) is 66.2 Å². The van der Waals surface area contributed by atoms with Gasteiger partial charge in [-0.1, -0.05) is 18.9 Å². The van der Waals surface area contributed by atoms with E-state index in [9.17, 15) is 24.8 Å². The molecule has 3 aromatic rings. The van der Waals surface area contributed by atoms with E-state index in [1.54, 1.807) is 18.2 Å². The summed E-state index contributed by atoms with van der Waals surface area (Å²) in [6.45, 7) is 3.95. The molecule has 13 heteroatoms. The Labute approximate surface area is 234 Å². The summed E-state index contributed by atoms with van der Waals surface area (Å²) in [6.07, 6.45) is 3.32. The second kappa shape index (κ2) is 10.9. The van der Waals surface area contributed by atoms with Crippen molar-refractivity contribution >= 4 is 51.2 Å². The Balaban J connectivity index is 1.33. The van der Waals surface area contributed by atoms with Crippen LogP contribution in [0.3, 0.4) is 0 Å². The molecule has 5 N–H and O–H groups in total. The van der Waals surface area contributed by atoms with Gasteiger partial charge in [0.25, 0.3) is 11.6 Å². The van der Waals surface area contributed by atoms with Gasteiger partial charge >= 0.3 is 0 Å². The highest BCUT2D eigenvalue weighted by atomic mass is 32.1. The van der Waals surface area contributed by atoms with E-state index in [-0.39, 0.29) is 47.0 Å². The zero-order valence-electron chi connectivity index (χ0n) is 22.0. The van der Waals surface area contributed by atoms with Crippen LogP contribution < -0.4 is 16.0 Å². The van der Waals surface area contributed by atoms with Gasteiger partial charge in [0.2, 0.25) is 11.8 Å². The number of carbonyl (C=O) groups is 2. The van der Waals surface area contributed by atoms with Crippen LogP contribution in [0.2, 0.25) is 0 Å². The molecule has 0 saturated heterocycles. The molecule has 1 aliphatic carbocycles. The average Bonchev–Trinajstić information content (AvgIpc) is 3.47. The molecule has 0 spiro atoms. The number of nitrogens with one attached hydrogen (secondary N) is 4. The van der Waals surface area contributed by atoms with Crippen molar-refractivity contribution in [3.05, 3.63) is 68.8 Å². The quantitative estimate of drug-likeness (QED) is 0.108. The van der Waals surface area contributed by atoms with E-state index in [4.69, 9.17) is 5.41 Å². The molecule has 2 heterocycles. The lowest BCUT2D eigenvalue weighted by molar-refractivity contribution is -0.385. The average molecular weight is 564 g/mol. The molecule has 1 unspecified atom stereocenters. The van der Waals surface area contributed by atoms with E-state index in [0.717, 1.165) is 29.1 Å². The van der Waals surface area contributed by atoms with Crippen LogP contribution in [0.1, 0.15) is 60.2 Å². The first-order valence-corrected chi connectivity index (χ1v) is 13.6. The first-order chi connectivity index (χ1) is 19.1.